The third-order valence-electron chi connectivity index (χ3n) is 11.0. The lowest BCUT2D eigenvalue weighted by Gasteiger charge is -2.59. The highest BCUT2D eigenvalue weighted by Crippen LogP contribution is 2.65. The molecule has 4 unspecified atom stereocenters. The predicted octanol–water partition coefficient (Wildman–Crippen LogP) is 4.17. The first kappa shape index (κ1) is 24.5. The van der Waals surface area contributed by atoms with Crippen LogP contribution in [-0.4, -0.2) is 45.7 Å². The van der Waals surface area contributed by atoms with Crippen LogP contribution >= 0.6 is 0 Å². The number of aliphatic hydroxyl groups excluding tert-OH is 3. The molecule has 12 atom stereocenters. The number of hydrogen-bond acceptors (Lipinski definition) is 5. The van der Waals surface area contributed by atoms with Crippen LogP contribution in [0.5, 0.6) is 0 Å². The molecule has 3 saturated carbocycles. The molecule has 4 aliphatic rings. The zero-order valence-corrected chi connectivity index (χ0v) is 21.0. The summed E-state index contributed by atoms with van der Waals surface area (Å²) in [5.74, 6) is 1.13. The zero-order chi connectivity index (χ0) is 23.6. The topological polar surface area (TPSA) is 87.0 Å². The maximum Gasteiger partial charge on any atom is 0.309 e. The molecule has 0 amide bonds. The van der Waals surface area contributed by atoms with Crippen molar-refractivity contribution < 1.29 is 24.9 Å². The lowest BCUT2D eigenvalue weighted by atomic mass is 9.49. The first-order valence-electron chi connectivity index (χ1n) is 13.2. The van der Waals surface area contributed by atoms with E-state index in [-0.39, 0.29) is 46.8 Å². The van der Waals surface area contributed by atoms with Crippen molar-refractivity contribution in [1.29, 1.82) is 0 Å². The van der Waals surface area contributed by atoms with Gasteiger partial charge < -0.3 is 20.1 Å². The van der Waals surface area contributed by atoms with E-state index in [1.54, 1.807) is 0 Å². The summed E-state index contributed by atoms with van der Waals surface area (Å²) in [4.78, 5) is 13.1. The first-order chi connectivity index (χ1) is 14.9. The minimum Gasteiger partial charge on any atom is -0.462 e. The van der Waals surface area contributed by atoms with Crippen LogP contribution in [0.15, 0.2) is 0 Å². The van der Waals surface area contributed by atoms with Gasteiger partial charge in [0.05, 0.1) is 24.2 Å². The summed E-state index contributed by atoms with van der Waals surface area (Å²) in [7, 11) is 0. The Kier molecular flexibility index (Phi) is 6.53. The van der Waals surface area contributed by atoms with E-state index < -0.39 is 12.2 Å². The second-order valence-electron chi connectivity index (χ2n) is 12.8. The molecule has 0 aromatic rings. The van der Waals surface area contributed by atoms with E-state index in [9.17, 15) is 20.1 Å². The average molecular weight is 451 g/mol. The Bertz CT molecular complexity index is 708. The molecule has 32 heavy (non-hydrogen) atoms. The normalized spacial score (nSPS) is 47.6. The van der Waals surface area contributed by atoms with Gasteiger partial charge in [0.2, 0.25) is 0 Å². The zero-order valence-electron chi connectivity index (χ0n) is 21.0. The minimum absolute atomic E-state index is 0.000881. The monoisotopic (exact) mass is 450 g/mol. The molecule has 5 heteroatoms. The number of hydrogen-bond donors (Lipinski definition) is 3. The van der Waals surface area contributed by atoms with E-state index in [1.165, 1.54) is 0 Å². The Labute approximate surface area is 194 Å². The molecule has 5 nitrogen and oxygen atoms in total. The van der Waals surface area contributed by atoms with Gasteiger partial charge >= 0.3 is 5.97 Å². The quantitative estimate of drug-likeness (QED) is 0.547. The van der Waals surface area contributed by atoms with Crippen LogP contribution in [0.25, 0.3) is 0 Å². The van der Waals surface area contributed by atoms with Crippen molar-refractivity contribution in [3.8, 4) is 0 Å². The molecular weight excluding hydrogens is 404 g/mol. The molecule has 0 spiro atoms. The number of carbonyl (C=O) groups is 1. The molecule has 0 bridgehead atoms. The number of ether oxygens (including phenoxy) is 1. The first-order valence-corrected chi connectivity index (χ1v) is 13.2. The average Bonchev–Trinajstić information content (AvgIpc) is 3.08. The van der Waals surface area contributed by atoms with Gasteiger partial charge in [0.1, 0.15) is 6.10 Å². The van der Waals surface area contributed by atoms with Crippen LogP contribution < -0.4 is 0 Å². The van der Waals surface area contributed by atoms with Crippen molar-refractivity contribution in [3.63, 3.8) is 0 Å². The SMILES string of the molecule is CC(C)[C@H](C)[C@@H](O)[C@H](O)[C@@H](C)C1CCC2C3OC(=O)[C@H]4CC[C@@H](O)C[C@]4(C)C3CC[C@@]21C. The molecule has 1 aliphatic heterocycles. The third-order valence-corrected chi connectivity index (χ3v) is 11.0. The molecule has 4 rings (SSSR count). The second kappa shape index (κ2) is 8.53. The maximum absolute atomic E-state index is 13.1. The summed E-state index contributed by atoms with van der Waals surface area (Å²) in [5.41, 5.74) is -0.176. The fourth-order valence-electron chi connectivity index (χ4n) is 8.56. The summed E-state index contributed by atoms with van der Waals surface area (Å²) < 4.78 is 6.21. The predicted molar refractivity (Wildman–Crippen MR) is 124 cm³/mol. The van der Waals surface area contributed by atoms with Crippen LogP contribution in [0, 0.1) is 52.3 Å². The van der Waals surface area contributed by atoms with Crippen molar-refractivity contribution in [2.45, 2.75) is 111 Å². The van der Waals surface area contributed by atoms with Crippen molar-refractivity contribution >= 4 is 5.97 Å². The molecule has 0 aromatic carbocycles. The van der Waals surface area contributed by atoms with Crippen LogP contribution in [0.4, 0.5) is 0 Å². The van der Waals surface area contributed by atoms with Gasteiger partial charge in [-0.15, -0.1) is 0 Å². The summed E-state index contributed by atoms with van der Waals surface area (Å²) in [5, 5.41) is 32.4. The Morgan fingerprint density at radius 2 is 1.56 bits per heavy atom. The highest BCUT2D eigenvalue weighted by atomic mass is 16.5. The largest absolute Gasteiger partial charge is 0.462 e. The van der Waals surface area contributed by atoms with Gasteiger partial charge in [-0.1, -0.05) is 41.5 Å². The molecule has 3 aliphatic carbocycles. The summed E-state index contributed by atoms with van der Waals surface area (Å²) in [6.07, 6.45) is 4.36. The molecule has 0 aromatic heterocycles. The standard InChI is InChI=1S/C27H46O5/c1-14(2)15(3)22(29)23(30)16(4)18-9-10-19-24-20(11-12-26(18,19)5)27(6)13-17(28)7-8-21(27)25(31)32-24/h14-24,28-30H,7-13H2,1-6H3/t15-,16-,17+,18?,19?,20?,21+,22+,23+,24?,26+,27+/m0/s1. The summed E-state index contributed by atoms with van der Waals surface area (Å²) >= 11 is 0. The fraction of sp³-hybridized carbons (Fsp3) is 0.963. The molecule has 1 heterocycles. The van der Waals surface area contributed by atoms with Crippen molar-refractivity contribution in [1.82, 2.24) is 0 Å². The van der Waals surface area contributed by atoms with Gasteiger partial charge in [0, 0.05) is 11.8 Å². The van der Waals surface area contributed by atoms with Crippen LogP contribution in [-0.2, 0) is 9.53 Å². The number of aliphatic hydroxyl groups is 3. The third kappa shape index (κ3) is 3.65. The van der Waals surface area contributed by atoms with Crippen LogP contribution in [0.2, 0.25) is 0 Å². The van der Waals surface area contributed by atoms with E-state index in [2.05, 4.69) is 34.6 Å². The number of esters is 1. The number of fused-ring (bicyclic) bond motifs is 5. The highest BCUT2D eigenvalue weighted by Gasteiger charge is 2.64. The number of rotatable bonds is 5. The van der Waals surface area contributed by atoms with E-state index >= 15 is 0 Å². The molecule has 0 radical (unpaired) electrons. The summed E-state index contributed by atoms with van der Waals surface area (Å²) in [6, 6.07) is 0. The van der Waals surface area contributed by atoms with E-state index in [0.717, 1.165) is 32.1 Å². The Morgan fingerprint density at radius 1 is 0.906 bits per heavy atom. The van der Waals surface area contributed by atoms with Gasteiger partial charge in [0.15, 0.2) is 0 Å². The Morgan fingerprint density at radius 3 is 2.22 bits per heavy atom. The molecule has 4 fully saturated rings. The molecular formula is C27H46O5. The minimum atomic E-state index is -0.741. The summed E-state index contributed by atoms with van der Waals surface area (Å²) in [6.45, 7) is 12.9. The fourth-order valence-corrected chi connectivity index (χ4v) is 8.56. The van der Waals surface area contributed by atoms with Crippen molar-refractivity contribution in [2.24, 2.45) is 52.3 Å². The van der Waals surface area contributed by atoms with E-state index in [0.29, 0.717) is 36.5 Å². The molecule has 184 valence electrons. The van der Waals surface area contributed by atoms with Gasteiger partial charge in [-0.05, 0) is 79.4 Å². The van der Waals surface area contributed by atoms with Gasteiger partial charge in [0.25, 0.3) is 0 Å². The van der Waals surface area contributed by atoms with E-state index in [4.69, 9.17) is 4.74 Å². The maximum atomic E-state index is 13.1. The van der Waals surface area contributed by atoms with Gasteiger partial charge in [-0.25, -0.2) is 0 Å². The van der Waals surface area contributed by atoms with Crippen molar-refractivity contribution in [2.75, 3.05) is 0 Å². The van der Waals surface area contributed by atoms with Gasteiger partial charge in [-0.3, -0.25) is 4.79 Å². The highest BCUT2D eigenvalue weighted by molar-refractivity contribution is 5.75. The lowest BCUT2D eigenvalue weighted by Crippen LogP contribution is -2.61. The van der Waals surface area contributed by atoms with Gasteiger partial charge in [-0.2, -0.15) is 0 Å². The van der Waals surface area contributed by atoms with Crippen molar-refractivity contribution in [3.05, 3.63) is 0 Å². The van der Waals surface area contributed by atoms with Crippen LogP contribution in [0.3, 0.4) is 0 Å². The second-order valence-corrected chi connectivity index (χ2v) is 12.8. The molecule has 3 N–H and O–H groups in total. The van der Waals surface area contributed by atoms with Crippen LogP contribution in [0.1, 0.15) is 86.5 Å². The number of carbonyl (C=O) groups excluding carboxylic acids is 1. The molecule has 1 saturated heterocycles. The Balaban J connectivity index is 1.55. The Hall–Kier alpha value is -0.650. The smallest absolute Gasteiger partial charge is 0.309 e. The van der Waals surface area contributed by atoms with E-state index in [1.807, 2.05) is 6.92 Å². The lowest BCUT2D eigenvalue weighted by molar-refractivity contribution is -0.218.